The standard InChI is InChI=1S/C15H26N2O/c1-4-6-7-8-12(3)17-13-9-10-14(16)15(11-13)18-5-2/h9-12,17H,4-8,16H2,1-3H3. The maximum atomic E-state index is 5.85. The molecule has 3 nitrogen and oxygen atoms in total. The first-order valence-electron chi connectivity index (χ1n) is 6.96. The van der Waals surface area contributed by atoms with E-state index in [1.807, 2.05) is 25.1 Å². The highest BCUT2D eigenvalue weighted by Gasteiger charge is 2.05. The number of hydrogen-bond acceptors (Lipinski definition) is 3. The first-order valence-corrected chi connectivity index (χ1v) is 6.96. The third-order valence-corrected chi connectivity index (χ3v) is 2.97. The zero-order valence-corrected chi connectivity index (χ0v) is 11.8. The molecule has 3 N–H and O–H groups in total. The summed E-state index contributed by atoms with van der Waals surface area (Å²) in [4.78, 5) is 0. The van der Waals surface area contributed by atoms with Crippen LogP contribution >= 0.6 is 0 Å². The Bertz CT molecular complexity index is 352. The van der Waals surface area contributed by atoms with E-state index in [0.717, 1.165) is 11.4 Å². The van der Waals surface area contributed by atoms with Crippen molar-refractivity contribution in [3.8, 4) is 5.75 Å². The van der Waals surface area contributed by atoms with Crippen molar-refractivity contribution in [2.45, 2.75) is 52.5 Å². The minimum Gasteiger partial charge on any atom is -0.492 e. The van der Waals surface area contributed by atoms with Crippen LogP contribution < -0.4 is 15.8 Å². The normalized spacial score (nSPS) is 12.2. The summed E-state index contributed by atoms with van der Waals surface area (Å²) in [6.45, 7) is 7.05. The van der Waals surface area contributed by atoms with Crippen LogP contribution in [-0.2, 0) is 0 Å². The first kappa shape index (κ1) is 14.7. The van der Waals surface area contributed by atoms with E-state index in [2.05, 4.69) is 19.2 Å². The Morgan fingerprint density at radius 2 is 2.06 bits per heavy atom. The summed E-state index contributed by atoms with van der Waals surface area (Å²) in [7, 11) is 0. The van der Waals surface area contributed by atoms with Crippen LogP contribution in [0.15, 0.2) is 18.2 Å². The van der Waals surface area contributed by atoms with Crippen molar-refractivity contribution in [1.29, 1.82) is 0 Å². The van der Waals surface area contributed by atoms with Gasteiger partial charge in [0.2, 0.25) is 0 Å². The number of nitrogen functional groups attached to an aromatic ring is 1. The zero-order chi connectivity index (χ0) is 13.4. The molecular formula is C15H26N2O. The fourth-order valence-electron chi connectivity index (χ4n) is 1.96. The van der Waals surface area contributed by atoms with Crippen LogP contribution in [0.4, 0.5) is 11.4 Å². The van der Waals surface area contributed by atoms with Gasteiger partial charge in [-0.05, 0) is 32.4 Å². The smallest absolute Gasteiger partial charge is 0.144 e. The molecule has 0 aliphatic carbocycles. The van der Waals surface area contributed by atoms with Crippen molar-refractivity contribution in [1.82, 2.24) is 0 Å². The van der Waals surface area contributed by atoms with Gasteiger partial charge in [0.15, 0.2) is 0 Å². The first-order chi connectivity index (χ1) is 8.67. The molecular weight excluding hydrogens is 224 g/mol. The third-order valence-electron chi connectivity index (χ3n) is 2.97. The molecule has 0 spiro atoms. The van der Waals surface area contributed by atoms with Gasteiger partial charge in [0.25, 0.3) is 0 Å². The Morgan fingerprint density at radius 1 is 1.28 bits per heavy atom. The average molecular weight is 250 g/mol. The summed E-state index contributed by atoms with van der Waals surface area (Å²) in [5.74, 6) is 0.767. The van der Waals surface area contributed by atoms with Gasteiger partial charge in [-0.2, -0.15) is 0 Å². The molecule has 0 saturated heterocycles. The molecule has 1 atom stereocenters. The topological polar surface area (TPSA) is 47.3 Å². The second-order valence-corrected chi connectivity index (χ2v) is 4.73. The van der Waals surface area contributed by atoms with E-state index >= 15 is 0 Å². The van der Waals surface area contributed by atoms with Crippen molar-refractivity contribution in [3.05, 3.63) is 18.2 Å². The van der Waals surface area contributed by atoms with Gasteiger partial charge in [-0.3, -0.25) is 0 Å². The maximum Gasteiger partial charge on any atom is 0.144 e. The fraction of sp³-hybridized carbons (Fsp3) is 0.600. The summed E-state index contributed by atoms with van der Waals surface area (Å²) < 4.78 is 5.49. The van der Waals surface area contributed by atoms with E-state index in [9.17, 15) is 0 Å². The van der Waals surface area contributed by atoms with Crippen LogP contribution in [-0.4, -0.2) is 12.6 Å². The van der Waals surface area contributed by atoms with Crippen LogP contribution in [0.3, 0.4) is 0 Å². The number of benzene rings is 1. The van der Waals surface area contributed by atoms with Crippen LogP contribution in [0.2, 0.25) is 0 Å². The summed E-state index contributed by atoms with van der Waals surface area (Å²) in [5.41, 5.74) is 7.63. The van der Waals surface area contributed by atoms with Gasteiger partial charge in [0.05, 0.1) is 12.3 Å². The number of nitrogens with one attached hydrogen (secondary N) is 1. The molecule has 0 fully saturated rings. The number of anilines is 2. The van der Waals surface area contributed by atoms with Crippen molar-refractivity contribution >= 4 is 11.4 Å². The van der Waals surface area contributed by atoms with Gasteiger partial charge in [0, 0.05) is 17.8 Å². The van der Waals surface area contributed by atoms with Gasteiger partial charge >= 0.3 is 0 Å². The van der Waals surface area contributed by atoms with Gasteiger partial charge in [-0.15, -0.1) is 0 Å². The van der Waals surface area contributed by atoms with Crippen LogP contribution in [0.1, 0.15) is 46.5 Å². The number of nitrogens with two attached hydrogens (primary N) is 1. The summed E-state index contributed by atoms with van der Waals surface area (Å²) in [5, 5.41) is 3.49. The molecule has 0 radical (unpaired) electrons. The molecule has 1 aromatic carbocycles. The largest absolute Gasteiger partial charge is 0.492 e. The van der Waals surface area contributed by atoms with Gasteiger partial charge in [-0.1, -0.05) is 26.2 Å². The van der Waals surface area contributed by atoms with Crippen molar-refractivity contribution in [3.63, 3.8) is 0 Å². The van der Waals surface area contributed by atoms with Crippen molar-refractivity contribution in [2.24, 2.45) is 0 Å². The van der Waals surface area contributed by atoms with Gasteiger partial charge < -0.3 is 15.8 Å². The van der Waals surface area contributed by atoms with Gasteiger partial charge in [-0.25, -0.2) is 0 Å². The van der Waals surface area contributed by atoms with E-state index in [0.29, 0.717) is 18.3 Å². The number of ether oxygens (including phenoxy) is 1. The molecule has 0 amide bonds. The summed E-state index contributed by atoms with van der Waals surface area (Å²) in [6, 6.07) is 6.37. The second kappa shape index (κ2) is 7.85. The number of hydrogen-bond donors (Lipinski definition) is 2. The van der Waals surface area contributed by atoms with Crippen LogP contribution in [0.25, 0.3) is 0 Å². The lowest BCUT2D eigenvalue weighted by Crippen LogP contribution is -2.15. The van der Waals surface area contributed by atoms with Gasteiger partial charge in [0.1, 0.15) is 5.75 Å². The molecule has 1 unspecified atom stereocenters. The molecule has 0 heterocycles. The minimum atomic E-state index is 0.481. The Hall–Kier alpha value is -1.38. The highest BCUT2D eigenvalue weighted by molar-refractivity contribution is 5.61. The monoisotopic (exact) mass is 250 g/mol. The second-order valence-electron chi connectivity index (χ2n) is 4.73. The Labute approximate surface area is 111 Å². The molecule has 3 heteroatoms. The Balaban J connectivity index is 2.53. The molecule has 0 aliphatic heterocycles. The molecule has 18 heavy (non-hydrogen) atoms. The third kappa shape index (κ3) is 4.86. The lowest BCUT2D eigenvalue weighted by molar-refractivity contribution is 0.342. The number of rotatable bonds is 8. The SMILES string of the molecule is CCCCCC(C)Nc1ccc(N)c(OCC)c1. The predicted octanol–water partition coefficient (Wildman–Crippen LogP) is 4.05. The lowest BCUT2D eigenvalue weighted by Gasteiger charge is -2.16. The molecule has 0 aliphatic rings. The molecule has 1 aromatic rings. The van der Waals surface area contributed by atoms with E-state index in [4.69, 9.17) is 10.5 Å². The number of unbranched alkanes of at least 4 members (excludes halogenated alkanes) is 2. The summed E-state index contributed by atoms with van der Waals surface area (Å²) in [6.07, 6.45) is 5.04. The van der Waals surface area contributed by atoms with E-state index in [1.54, 1.807) is 0 Å². The lowest BCUT2D eigenvalue weighted by atomic mass is 10.1. The molecule has 0 aromatic heterocycles. The molecule has 102 valence electrons. The van der Waals surface area contributed by atoms with Crippen LogP contribution in [0, 0.1) is 0 Å². The highest BCUT2D eigenvalue weighted by atomic mass is 16.5. The molecule has 0 saturated carbocycles. The quantitative estimate of drug-likeness (QED) is 0.540. The zero-order valence-electron chi connectivity index (χ0n) is 11.8. The molecule has 0 bridgehead atoms. The fourth-order valence-corrected chi connectivity index (χ4v) is 1.96. The average Bonchev–Trinajstić information content (AvgIpc) is 2.34. The predicted molar refractivity (Wildman–Crippen MR) is 79.3 cm³/mol. The van der Waals surface area contributed by atoms with Crippen LogP contribution in [0.5, 0.6) is 5.75 Å². The maximum absolute atomic E-state index is 5.85. The minimum absolute atomic E-state index is 0.481. The van der Waals surface area contributed by atoms with E-state index < -0.39 is 0 Å². The van der Waals surface area contributed by atoms with Crippen molar-refractivity contribution in [2.75, 3.05) is 17.7 Å². The summed E-state index contributed by atoms with van der Waals surface area (Å²) >= 11 is 0. The van der Waals surface area contributed by atoms with E-state index in [-0.39, 0.29) is 0 Å². The van der Waals surface area contributed by atoms with E-state index in [1.165, 1.54) is 25.7 Å². The Morgan fingerprint density at radius 3 is 2.72 bits per heavy atom. The molecule has 1 rings (SSSR count). The van der Waals surface area contributed by atoms with Crippen molar-refractivity contribution < 1.29 is 4.74 Å². The highest BCUT2D eigenvalue weighted by Crippen LogP contribution is 2.26. The Kier molecular flexibility index (Phi) is 6.40.